The number of halogens is 1. The Kier molecular flexibility index (Phi) is 3.64. The lowest BCUT2D eigenvalue weighted by Gasteiger charge is -2.22. The summed E-state index contributed by atoms with van der Waals surface area (Å²) in [6.07, 6.45) is 0. The van der Waals surface area contributed by atoms with Crippen LogP contribution in [0.15, 0.2) is 35.3 Å². The van der Waals surface area contributed by atoms with Crippen LogP contribution in [-0.4, -0.2) is 23.4 Å². The summed E-state index contributed by atoms with van der Waals surface area (Å²) in [5, 5.41) is 11.5. The molecule has 1 aromatic rings. The highest BCUT2D eigenvalue weighted by molar-refractivity contribution is 9.11. The largest absolute Gasteiger partial charge is 0.325 e. The molecule has 5 nitrogen and oxygen atoms in total. The summed E-state index contributed by atoms with van der Waals surface area (Å²) in [7, 11) is 0. The van der Waals surface area contributed by atoms with Gasteiger partial charge in [0.2, 0.25) is 0 Å². The van der Waals surface area contributed by atoms with Gasteiger partial charge in [-0.2, -0.15) is 5.26 Å². The molecular weight excluding hydrogens is 322 g/mol. The number of imide groups is 1. The molecule has 1 atom stereocenters. The highest BCUT2D eigenvalue weighted by atomic mass is 79.9. The third-order valence-electron chi connectivity index (χ3n) is 3.20. The van der Waals surface area contributed by atoms with E-state index in [9.17, 15) is 9.59 Å². The van der Waals surface area contributed by atoms with Gasteiger partial charge < -0.3 is 5.32 Å². The van der Waals surface area contributed by atoms with Crippen LogP contribution in [0.3, 0.4) is 0 Å². The molecule has 1 heterocycles. The standard InChI is InChI=1S/C14H12BrN3O2/c1-9(15)8-18-12(19)14(2,17-13(18)20)11-5-3-10(7-16)4-6-11/h3-6H,1,8H2,2H3,(H,17,20). The van der Waals surface area contributed by atoms with Gasteiger partial charge in [0.15, 0.2) is 0 Å². The minimum absolute atomic E-state index is 0.122. The van der Waals surface area contributed by atoms with Gasteiger partial charge in [0, 0.05) is 4.48 Å². The third kappa shape index (κ3) is 2.32. The number of benzene rings is 1. The van der Waals surface area contributed by atoms with Crippen molar-refractivity contribution < 1.29 is 9.59 Å². The van der Waals surface area contributed by atoms with Crippen LogP contribution in [0.2, 0.25) is 0 Å². The first-order valence-electron chi connectivity index (χ1n) is 5.86. The molecule has 20 heavy (non-hydrogen) atoms. The molecule has 1 fully saturated rings. The van der Waals surface area contributed by atoms with Crippen LogP contribution < -0.4 is 5.32 Å². The maximum Gasteiger partial charge on any atom is 0.325 e. The van der Waals surface area contributed by atoms with Crippen molar-refractivity contribution in [3.63, 3.8) is 0 Å². The molecule has 1 N–H and O–H groups in total. The Hall–Kier alpha value is -2.13. The van der Waals surface area contributed by atoms with E-state index in [1.54, 1.807) is 31.2 Å². The van der Waals surface area contributed by atoms with Gasteiger partial charge in [-0.15, -0.1) is 0 Å². The molecule has 1 saturated heterocycles. The average Bonchev–Trinajstić information content (AvgIpc) is 2.63. The fraction of sp³-hybridized carbons (Fsp3) is 0.214. The zero-order valence-corrected chi connectivity index (χ0v) is 12.4. The highest BCUT2D eigenvalue weighted by Crippen LogP contribution is 2.29. The van der Waals surface area contributed by atoms with Gasteiger partial charge in [-0.25, -0.2) is 4.79 Å². The number of urea groups is 1. The van der Waals surface area contributed by atoms with E-state index >= 15 is 0 Å². The lowest BCUT2D eigenvalue weighted by molar-refractivity contribution is -0.130. The molecule has 102 valence electrons. The molecular formula is C14H12BrN3O2. The van der Waals surface area contributed by atoms with E-state index in [4.69, 9.17) is 5.26 Å². The summed E-state index contributed by atoms with van der Waals surface area (Å²) in [6, 6.07) is 8.13. The third-order valence-corrected chi connectivity index (χ3v) is 3.45. The van der Waals surface area contributed by atoms with Crippen molar-refractivity contribution in [2.75, 3.05) is 6.54 Å². The van der Waals surface area contributed by atoms with E-state index in [0.717, 1.165) is 4.90 Å². The van der Waals surface area contributed by atoms with Crippen LogP contribution in [-0.2, 0) is 10.3 Å². The topological polar surface area (TPSA) is 73.2 Å². The van der Waals surface area contributed by atoms with Gasteiger partial charge in [-0.1, -0.05) is 34.6 Å². The van der Waals surface area contributed by atoms with E-state index in [1.165, 1.54) is 0 Å². The normalized spacial score (nSPS) is 21.6. The molecule has 1 unspecified atom stereocenters. The number of rotatable bonds is 3. The molecule has 0 aliphatic carbocycles. The van der Waals surface area contributed by atoms with Crippen LogP contribution in [0, 0.1) is 11.3 Å². The number of hydrogen-bond acceptors (Lipinski definition) is 3. The number of carbonyl (C=O) groups excluding carboxylic acids is 2. The Bertz CT molecular complexity index is 633. The van der Waals surface area contributed by atoms with Crippen LogP contribution >= 0.6 is 15.9 Å². The molecule has 1 aliphatic heterocycles. The van der Waals surface area contributed by atoms with E-state index in [1.807, 2.05) is 6.07 Å². The molecule has 1 aromatic carbocycles. The SMILES string of the molecule is C=C(Br)CN1C(=O)NC(C)(c2ccc(C#N)cc2)C1=O. The van der Waals surface area contributed by atoms with E-state index in [-0.39, 0.29) is 12.5 Å². The van der Waals surface area contributed by atoms with Crippen LogP contribution in [0.5, 0.6) is 0 Å². The smallest absolute Gasteiger partial charge is 0.319 e. The molecule has 0 bridgehead atoms. The van der Waals surface area contributed by atoms with E-state index in [2.05, 4.69) is 27.8 Å². The molecule has 1 aliphatic rings. The highest BCUT2D eigenvalue weighted by Gasteiger charge is 2.48. The van der Waals surface area contributed by atoms with E-state index in [0.29, 0.717) is 15.6 Å². The van der Waals surface area contributed by atoms with Crippen LogP contribution in [0.4, 0.5) is 4.79 Å². The monoisotopic (exact) mass is 333 g/mol. The first-order valence-corrected chi connectivity index (χ1v) is 6.66. The fourth-order valence-electron chi connectivity index (χ4n) is 2.09. The Morgan fingerprint density at radius 2 is 2.05 bits per heavy atom. The van der Waals surface area contributed by atoms with Crippen molar-refractivity contribution in [1.29, 1.82) is 5.26 Å². The van der Waals surface area contributed by atoms with Gasteiger partial charge in [0.05, 0.1) is 18.2 Å². The number of hydrogen-bond donors (Lipinski definition) is 1. The van der Waals surface area contributed by atoms with Gasteiger partial charge in [0.25, 0.3) is 5.91 Å². The zero-order chi connectivity index (χ0) is 14.9. The first kappa shape index (κ1) is 14.3. The number of amides is 3. The zero-order valence-electron chi connectivity index (χ0n) is 10.8. The summed E-state index contributed by atoms with van der Waals surface area (Å²) in [4.78, 5) is 25.5. The van der Waals surface area contributed by atoms with Gasteiger partial charge >= 0.3 is 6.03 Å². The second-order valence-electron chi connectivity index (χ2n) is 4.65. The lowest BCUT2D eigenvalue weighted by atomic mass is 9.91. The molecule has 0 radical (unpaired) electrons. The first-order chi connectivity index (χ1) is 9.38. The summed E-state index contributed by atoms with van der Waals surface area (Å²) in [5.74, 6) is -0.340. The number of nitriles is 1. The van der Waals surface area contributed by atoms with E-state index < -0.39 is 11.6 Å². The van der Waals surface area contributed by atoms with Crippen molar-refractivity contribution >= 4 is 27.9 Å². The van der Waals surface area contributed by atoms with Crippen molar-refractivity contribution in [1.82, 2.24) is 10.2 Å². The van der Waals surface area contributed by atoms with Gasteiger partial charge in [-0.05, 0) is 24.6 Å². The van der Waals surface area contributed by atoms with Crippen molar-refractivity contribution in [3.8, 4) is 6.07 Å². The molecule has 0 aromatic heterocycles. The summed E-state index contributed by atoms with van der Waals surface area (Å²) in [6.45, 7) is 5.40. The maximum absolute atomic E-state index is 12.4. The van der Waals surface area contributed by atoms with Crippen molar-refractivity contribution in [2.24, 2.45) is 0 Å². The minimum atomic E-state index is -1.12. The molecule has 0 saturated carbocycles. The van der Waals surface area contributed by atoms with Gasteiger partial charge in [0.1, 0.15) is 5.54 Å². The number of nitrogens with zero attached hydrogens (tertiary/aromatic N) is 2. The predicted molar refractivity (Wildman–Crippen MR) is 76.8 cm³/mol. The lowest BCUT2D eigenvalue weighted by Crippen LogP contribution is -2.41. The fourth-order valence-corrected chi connectivity index (χ4v) is 2.34. The Morgan fingerprint density at radius 3 is 2.55 bits per heavy atom. The summed E-state index contributed by atoms with van der Waals surface area (Å²) < 4.78 is 0.546. The Labute approximate surface area is 125 Å². The second kappa shape index (κ2) is 5.10. The number of carbonyl (C=O) groups is 2. The summed E-state index contributed by atoms with van der Waals surface area (Å²) >= 11 is 3.15. The van der Waals surface area contributed by atoms with Gasteiger partial charge in [-0.3, -0.25) is 9.69 Å². The molecule has 0 spiro atoms. The summed E-state index contributed by atoms with van der Waals surface area (Å²) in [5.41, 5.74) is 0.0189. The van der Waals surface area contributed by atoms with Crippen LogP contribution in [0.25, 0.3) is 0 Å². The Balaban J connectivity index is 2.35. The minimum Gasteiger partial charge on any atom is -0.319 e. The van der Waals surface area contributed by atoms with Crippen molar-refractivity contribution in [3.05, 3.63) is 46.5 Å². The molecule has 3 amide bonds. The average molecular weight is 334 g/mol. The molecule has 2 rings (SSSR count). The maximum atomic E-state index is 12.4. The number of nitrogens with one attached hydrogen (secondary N) is 1. The van der Waals surface area contributed by atoms with Crippen LogP contribution in [0.1, 0.15) is 18.1 Å². The molecule has 6 heteroatoms. The van der Waals surface area contributed by atoms with Crippen molar-refractivity contribution in [2.45, 2.75) is 12.5 Å². The predicted octanol–water partition coefficient (Wildman–Crippen LogP) is 2.23. The quantitative estimate of drug-likeness (QED) is 0.862. The Morgan fingerprint density at radius 1 is 1.45 bits per heavy atom. The second-order valence-corrected chi connectivity index (χ2v) is 5.77.